The van der Waals surface area contributed by atoms with E-state index in [0.717, 1.165) is 18.8 Å². The van der Waals surface area contributed by atoms with Crippen LogP contribution in [0.3, 0.4) is 0 Å². The summed E-state index contributed by atoms with van der Waals surface area (Å²) in [7, 11) is 1.57. The molecule has 0 spiro atoms. The molecule has 4 rings (SSSR count). The summed E-state index contributed by atoms with van der Waals surface area (Å²) in [5.41, 5.74) is 3.38. The molecule has 3 aromatic carbocycles. The van der Waals surface area contributed by atoms with E-state index >= 15 is 0 Å². The topological polar surface area (TPSA) is 103 Å². The average molecular weight is 488 g/mol. The van der Waals surface area contributed by atoms with Crippen molar-refractivity contribution in [3.63, 3.8) is 0 Å². The number of carbonyl (C=O) groups excluding carboxylic acids is 3. The SMILES string of the molecule is CN(CC(=O)Nc1ccc(N2CCOCC2)cc1)C(=O)c1ccc(NC(=O)Nc2ccccc2)cc1. The van der Waals surface area contributed by atoms with E-state index in [1.165, 1.54) is 4.90 Å². The molecule has 0 bridgehead atoms. The van der Waals surface area contributed by atoms with E-state index in [-0.39, 0.29) is 24.4 Å². The molecule has 1 fully saturated rings. The maximum atomic E-state index is 12.8. The molecule has 4 amide bonds. The Kier molecular flexibility index (Phi) is 8.15. The fraction of sp³-hybridized carbons (Fsp3) is 0.222. The van der Waals surface area contributed by atoms with Crippen LogP contribution in [0.5, 0.6) is 0 Å². The van der Waals surface area contributed by atoms with Gasteiger partial charge in [0.1, 0.15) is 0 Å². The summed E-state index contributed by atoms with van der Waals surface area (Å²) in [5, 5.41) is 8.28. The number of para-hydroxylation sites is 1. The first-order valence-electron chi connectivity index (χ1n) is 11.7. The van der Waals surface area contributed by atoms with E-state index in [1.54, 1.807) is 43.4 Å². The van der Waals surface area contributed by atoms with Crippen LogP contribution in [0, 0.1) is 0 Å². The lowest BCUT2D eigenvalue weighted by atomic mass is 10.2. The second kappa shape index (κ2) is 11.9. The first-order valence-corrected chi connectivity index (χ1v) is 11.7. The maximum Gasteiger partial charge on any atom is 0.323 e. The van der Waals surface area contributed by atoms with Crippen molar-refractivity contribution in [2.24, 2.45) is 0 Å². The quantitative estimate of drug-likeness (QED) is 0.469. The highest BCUT2D eigenvalue weighted by Crippen LogP contribution is 2.19. The Bertz CT molecular complexity index is 1180. The molecule has 0 saturated carbocycles. The Labute approximate surface area is 210 Å². The van der Waals surface area contributed by atoms with Crippen LogP contribution in [-0.4, -0.2) is 62.6 Å². The highest BCUT2D eigenvalue weighted by atomic mass is 16.5. The molecule has 36 heavy (non-hydrogen) atoms. The van der Waals surface area contributed by atoms with Gasteiger partial charge in [-0.25, -0.2) is 4.79 Å². The molecule has 0 radical (unpaired) electrons. The molecule has 0 aliphatic carbocycles. The van der Waals surface area contributed by atoms with Gasteiger partial charge in [-0.1, -0.05) is 18.2 Å². The zero-order valence-electron chi connectivity index (χ0n) is 20.1. The number of rotatable bonds is 7. The highest BCUT2D eigenvalue weighted by Gasteiger charge is 2.16. The minimum atomic E-state index is -0.382. The van der Waals surface area contributed by atoms with Crippen molar-refractivity contribution in [3.05, 3.63) is 84.4 Å². The molecule has 1 aliphatic heterocycles. The molecule has 0 atom stereocenters. The second-order valence-corrected chi connectivity index (χ2v) is 8.38. The first kappa shape index (κ1) is 24.7. The summed E-state index contributed by atoms with van der Waals surface area (Å²) >= 11 is 0. The van der Waals surface area contributed by atoms with Gasteiger partial charge >= 0.3 is 6.03 Å². The lowest BCUT2D eigenvalue weighted by Gasteiger charge is -2.28. The van der Waals surface area contributed by atoms with Crippen molar-refractivity contribution in [1.29, 1.82) is 0 Å². The summed E-state index contributed by atoms with van der Waals surface area (Å²) in [6, 6.07) is 22.8. The van der Waals surface area contributed by atoms with Gasteiger partial charge in [-0.3, -0.25) is 9.59 Å². The monoisotopic (exact) mass is 487 g/mol. The molecule has 3 aromatic rings. The van der Waals surface area contributed by atoms with Gasteiger partial charge in [-0.05, 0) is 60.7 Å². The predicted molar refractivity (Wildman–Crippen MR) is 141 cm³/mol. The molecule has 1 aliphatic rings. The van der Waals surface area contributed by atoms with Crippen LogP contribution in [-0.2, 0) is 9.53 Å². The number of nitrogens with zero attached hydrogens (tertiary/aromatic N) is 2. The van der Waals surface area contributed by atoms with Crippen LogP contribution in [0.1, 0.15) is 10.4 Å². The highest BCUT2D eigenvalue weighted by molar-refractivity contribution is 6.01. The van der Waals surface area contributed by atoms with Crippen LogP contribution in [0.25, 0.3) is 0 Å². The lowest BCUT2D eigenvalue weighted by Crippen LogP contribution is -2.36. The van der Waals surface area contributed by atoms with E-state index < -0.39 is 0 Å². The van der Waals surface area contributed by atoms with Crippen molar-refractivity contribution >= 4 is 40.6 Å². The Balaban J connectivity index is 1.25. The summed E-state index contributed by atoms with van der Waals surface area (Å²) < 4.78 is 5.38. The molecule has 0 aromatic heterocycles. The van der Waals surface area contributed by atoms with Crippen LogP contribution in [0.15, 0.2) is 78.9 Å². The van der Waals surface area contributed by atoms with Gasteiger partial charge in [0.2, 0.25) is 5.91 Å². The summed E-state index contributed by atoms with van der Waals surface area (Å²) in [4.78, 5) is 41.0. The van der Waals surface area contributed by atoms with Gasteiger partial charge in [-0.2, -0.15) is 0 Å². The van der Waals surface area contributed by atoms with Crippen molar-refractivity contribution in [2.45, 2.75) is 0 Å². The van der Waals surface area contributed by atoms with Gasteiger partial charge in [0.25, 0.3) is 5.91 Å². The largest absolute Gasteiger partial charge is 0.378 e. The van der Waals surface area contributed by atoms with Crippen LogP contribution in [0.2, 0.25) is 0 Å². The third-order valence-corrected chi connectivity index (χ3v) is 5.68. The van der Waals surface area contributed by atoms with E-state index in [0.29, 0.717) is 35.8 Å². The predicted octanol–water partition coefficient (Wildman–Crippen LogP) is 3.88. The number of benzene rings is 3. The van der Waals surface area contributed by atoms with Crippen LogP contribution >= 0.6 is 0 Å². The van der Waals surface area contributed by atoms with Gasteiger partial charge in [0, 0.05) is 48.5 Å². The summed E-state index contributed by atoms with van der Waals surface area (Å²) in [6.07, 6.45) is 0. The molecule has 3 N–H and O–H groups in total. The number of carbonyl (C=O) groups is 3. The minimum absolute atomic E-state index is 0.0937. The average Bonchev–Trinajstić information content (AvgIpc) is 2.90. The van der Waals surface area contributed by atoms with Crippen molar-refractivity contribution in [3.8, 4) is 0 Å². The number of urea groups is 1. The van der Waals surface area contributed by atoms with Crippen LogP contribution < -0.4 is 20.9 Å². The number of morpholine rings is 1. The van der Waals surface area contributed by atoms with Gasteiger partial charge in [0.15, 0.2) is 0 Å². The van der Waals surface area contributed by atoms with Gasteiger partial charge < -0.3 is 30.5 Å². The second-order valence-electron chi connectivity index (χ2n) is 8.38. The number of likely N-dealkylation sites (N-methyl/N-ethyl adjacent to an activating group) is 1. The molecule has 0 unspecified atom stereocenters. The molecule has 9 heteroatoms. The van der Waals surface area contributed by atoms with E-state index in [1.807, 2.05) is 42.5 Å². The molecule has 186 valence electrons. The van der Waals surface area contributed by atoms with E-state index in [9.17, 15) is 14.4 Å². The first-order chi connectivity index (χ1) is 17.5. The number of hydrogen-bond acceptors (Lipinski definition) is 5. The van der Waals surface area contributed by atoms with Gasteiger partial charge in [-0.15, -0.1) is 0 Å². The fourth-order valence-electron chi connectivity index (χ4n) is 3.80. The zero-order valence-corrected chi connectivity index (χ0v) is 20.1. The molecular formula is C27H29N5O4. The minimum Gasteiger partial charge on any atom is -0.378 e. The zero-order chi connectivity index (χ0) is 25.3. The Morgan fingerprint density at radius 1 is 0.778 bits per heavy atom. The van der Waals surface area contributed by atoms with E-state index in [2.05, 4.69) is 20.9 Å². The Morgan fingerprint density at radius 2 is 1.33 bits per heavy atom. The molecule has 9 nitrogen and oxygen atoms in total. The normalized spacial score (nSPS) is 13.0. The lowest BCUT2D eigenvalue weighted by molar-refractivity contribution is -0.116. The van der Waals surface area contributed by atoms with Crippen molar-refractivity contribution in [1.82, 2.24) is 4.90 Å². The van der Waals surface area contributed by atoms with E-state index in [4.69, 9.17) is 4.74 Å². The number of nitrogens with one attached hydrogen (secondary N) is 3. The van der Waals surface area contributed by atoms with Crippen molar-refractivity contribution < 1.29 is 19.1 Å². The summed E-state index contributed by atoms with van der Waals surface area (Å²) in [6.45, 7) is 3.01. The number of ether oxygens (including phenoxy) is 1. The Hall–Kier alpha value is -4.37. The number of amides is 4. The standard InChI is InChI=1S/C27H29N5O4/c1-31(19-25(33)28-22-11-13-24(14-12-22)32-15-17-36-18-16-32)26(34)20-7-9-23(10-8-20)30-27(35)29-21-5-3-2-4-6-21/h2-14H,15-19H2,1H3,(H,28,33)(H2,29,30,35). The van der Waals surface area contributed by atoms with Crippen LogP contribution in [0.4, 0.5) is 27.5 Å². The molecule has 1 saturated heterocycles. The maximum absolute atomic E-state index is 12.8. The Morgan fingerprint density at radius 3 is 1.97 bits per heavy atom. The molecule has 1 heterocycles. The third kappa shape index (κ3) is 6.83. The van der Waals surface area contributed by atoms with Crippen molar-refractivity contribution in [2.75, 3.05) is 60.7 Å². The third-order valence-electron chi connectivity index (χ3n) is 5.68. The van der Waals surface area contributed by atoms with Gasteiger partial charge in [0.05, 0.1) is 19.8 Å². The molecular weight excluding hydrogens is 458 g/mol. The fourth-order valence-corrected chi connectivity index (χ4v) is 3.80. The number of anilines is 4. The summed E-state index contributed by atoms with van der Waals surface area (Å²) in [5.74, 6) is -0.589. The smallest absolute Gasteiger partial charge is 0.323 e. The number of hydrogen-bond donors (Lipinski definition) is 3.